The van der Waals surface area contributed by atoms with Crippen molar-refractivity contribution in [2.24, 2.45) is 5.73 Å². The van der Waals surface area contributed by atoms with Crippen LogP contribution in [-0.2, 0) is 44.1 Å². The van der Waals surface area contributed by atoms with Crippen molar-refractivity contribution >= 4 is 28.5 Å². The lowest BCUT2D eigenvalue weighted by Gasteiger charge is -2.32. The minimum atomic E-state index is -1.76. The second-order valence-electron chi connectivity index (χ2n) is 11.1. The smallest absolute Gasteiger partial charge is 0.254 e. The van der Waals surface area contributed by atoms with Crippen LogP contribution >= 0.6 is 0 Å². The third kappa shape index (κ3) is 4.24. The van der Waals surface area contributed by atoms with Crippen molar-refractivity contribution in [2.45, 2.75) is 64.1 Å². The number of ketones is 1. The molecule has 0 fully saturated rings. The van der Waals surface area contributed by atoms with Gasteiger partial charge < -0.3 is 30.8 Å². The fourth-order valence-corrected chi connectivity index (χ4v) is 6.67. The van der Waals surface area contributed by atoms with E-state index in [4.69, 9.17) is 15.5 Å². The largest absolute Gasteiger partial charge is 0.377 e. The number of fused-ring (bicyclic) bond motifs is 5. The molecular formula is C30H32FN5O6. The van der Waals surface area contributed by atoms with E-state index in [1.54, 1.807) is 24.5 Å². The molecule has 42 heavy (non-hydrogen) atoms. The highest BCUT2D eigenvalue weighted by molar-refractivity contribution is 5.94. The monoisotopic (exact) mass is 577 g/mol. The number of carbonyl (C=O) groups is 3. The second-order valence-corrected chi connectivity index (χ2v) is 11.1. The number of ether oxygens (including phenoxy) is 1. The Hall–Kier alpha value is -4.00. The van der Waals surface area contributed by atoms with Crippen LogP contribution in [0.2, 0.25) is 0 Å². The lowest BCUT2D eigenvalue weighted by Crippen LogP contribution is -2.43. The van der Waals surface area contributed by atoms with E-state index in [0.29, 0.717) is 46.4 Å². The molecule has 1 aromatic carbocycles. The maximum Gasteiger partial charge on any atom is 0.254 e. The average molecular weight is 578 g/mol. The van der Waals surface area contributed by atoms with E-state index < -0.39 is 29.3 Å². The fourth-order valence-electron chi connectivity index (χ4n) is 6.67. The minimum Gasteiger partial charge on any atom is -0.377 e. The molecule has 5 N–H and O–H groups in total. The number of nitrogens with two attached hydrogens (primary N) is 1. The van der Waals surface area contributed by atoms with Crippen LogP contribution in [0.1, 0.15) is 65.6 Å². The Morgan fingerprint density at radius 3 is 2.71 bits per heavy atom. The number of benzene rings is 1. The van der Waals surface area contributed by atoms with Crippen molar-refractivity contribution in [3.8, 4) is 11.4 Å². The molecule has 0 bridgehead atoms. The van der Waals surface area contributed by atoms with Crippen molar-refractivity contribution in [1.82, 2.24) is 20.2 Å². The number of pyridine rings is 2. The van der Waals surface area contributed by atoms with E-state index in [9.17, 15) is 24.3 Å². The van der Waals surface area contributed by atoms with Crippen LogP contribution in [0.3, 0.4) is 0 Å². The Balaban J connectivity index is 1.45. The predicted octanol–water partition coefficient (Wildman–Crippen LogP) is 1.14. The molecule has 2 aromatic heterocycles. The summed E-state index contributed by atoms with van der Waals surface area (Å²) >= 11 is 0. The van der Waals surface area contributed by atoms with Crippen molar-refractivity contribution in [2.75, 3.05) is 19.9 Å². The van der Waals surface area contributed by atoms with Gasteiger partial charge in [0.2, 0.25) is 11.8 Å². The molecule has 3 aliphatic rings. The highest BCUT2D eigenvalue weighted by atomic mass is 19.1. The molecule has 0 saturated heterocycles. The van der Waals surface area contributed by atoms with Gasteiger partial charge in [0.05, 0.1) is 36.0 Å². The highest BCUT2D eigenvalue weighted by Gasteiger charge is 2.44. The molecule has 2 amide bonds. The van der Waals surface area contributed by atoms with Crippen molar-refractivity contribution in [3.63, 3.8) is 0 Å². The summed E-state index contributed by atoms with van der Waals surface area (Å²) in [6, 6.07) is 2.58. The number of carbonyl (C=O) groups excluding carboxylic acids is 3. The van der Waals surface area contributed by atoms with Crippen molar-refractivity contribution in [1.29, 1.82) is 0 Å². The molecule has 1 aliphatic heterocycles. The number of nitrogens with one attached hydrogen (secondary N) is 2. The Kier molecular flexibility index (Phi) is 6.95. The Morgan fingerprint density at radius 1 is 1.19 bits per heavy atom. The molecule has 2 aliphatic carbocycles. The van der Waals surface area contributed by atoms with Crippen LogP contribution in [-0.4, -0.2) is 52.1 Å². The van der Waals surface area contributed by atoms with Gasteiger partial charge in [-0.3, -0.25) is 19.2 Å². The van der Waals surface area contributed by atoms with Crippen LogP contribution in [0.4, 0.5) is 4.39 Å². The van der Waals surface area contributed by atoms with Gasteiger partial charge in [-0.05, 0) is 55.4 Å². The number of Topliss-reactive ketones (excluding diaryl/α,β-unsaturated/α-hetero) is 1. The van der Waals surface area contributed by atoms with Gasteiger partial charge in [0.1, 0.15) is 24.8 Å². The number of amides is 2. The molecule has 12 heteroatoms. The van der Waals surface area contributed by atoms with Crippen LogP contribution in [0.25, 0.3) is 22.3 Å². The lowest BCUT2D eigenvalue weighted by atomic mass is 9.77. The summed E-state index contributed by atoms with van der Waals surface area (Å²) in [5, 5.41) is 17.5. The zero-order chi connectivity index (χ0) is 29.9. The van der Waals surface area contributed by atoms with E-state index in [2.05, 4.69) is 10.6 Å². The summed E-state index contributed by atoms with van der Waals surface area (Å²) in [4.78, 5) is 55.6. The summed E-state index contributed by atoms with van der Waals surface area (Å²) in [5.74, 6) is -1.53. The predicted molar refractivity (Wildman–Crippen MR) is 150 cm³/mol. The first kappa shape index (κ1) is 28.1. The molecule has 11 nitrogen and oxygen atoms in total. The molecule has 6 rings (SSSR count). The number of halogens is 1. The molecule has 3 heterocycles. The third-order valence-corrected chi connectivity index (χ3v) is 8.88. The van der Waals surface area contributed by atoms with E-state index in [0.717, 1.165) is 22.1 Å². The summed E-state index contributed by atoms with van der Waals surface area (Å²) in [6.45, 7) is 2.96. The molecule has 0 saturated carbocycles. The van der Waals surface area contributed by atoms with Crippen molar-refractivity contribution in [3.05, 3.63) is 61.7 Å². The first-order valence-electron chi connectivity index (χ1n) is 14.1. The molecule has 2 atom stereocenters. The van der Waals surface area contributed by atoms with Crippen LogP contribution in [0.5, 0.6) is 0 Å². The topological polar surface area (TPSA) is 166 Å². The van der Waals surface area contributed by atoms with E-state index in [-0.39, 0.29) is 57.0 Å². The van der Waals surface area contributed by atoms with Crippen LogP contribution in [0.15, 0.2) is 16.9 Å². The van der Waals surface area contributed by atoms with E-state index in [1.807, 2.05) is 0 Å². The van der Waals surface area contributed by atoms with E-state index in [1.165, 1.54) is 6.07 Å². The molecular weight excluding hydrogens is 545 g/mol. The summed E-state index contributed by atoms with van der Waals surface area (Å²) < 4.78 is 21.9. The Morgan fingerprint density at radius 2 is 1.98 bits per heavy atom. The number of hydrogen-bond acceptors (Lipinski definition) is 8. The van der Waals surface area contributed by atoms with Crippen LogP contribution in [0, 0.1) is 12.7 Å². The number of hydrogen-bond donors (Lipinski definition) is 4. The van der Waals surface area contributed by atoms with Gasteiger partial charge in [-0.2, -0.15) is 0 Å². The minimum absolute atomic E-state index is 0.0836. The van der Waals surface area contributed by atoms with Crippen LogP contribution < -0.4 is 21.9 Å². The van der Waals surface area contributed by atoms with Gasteiger partial charge >= 0.3 is 0 Å². The number of nitrogens with zero attached hydrogens (tertiary/aromatic N) is 2. The summed E-state index contributed by atoms with van der Waals surface area (Å²) in [6.07, 6.45) is 1.46. The standard InChI is InChI=1S/C30H32FN5O6/c1-3-30(41)18-8-22-28-17(11-36(22)29(40)16(18)5-7-23(30)37)27-20(34-25(39)12-42-13-33-24(38)10-32)6-4-15-14(2)19(31)9-21(35-28)26(15)27/h8-9,20,41H,3-7,10-13,32H2,1-2H3,(H,33,38)(H,34,39)/t20-,30-/m0/s1. The Bertz CT molecular complexity index is 1750. The lowest BCUT2D eigenvalue weighted by molar-refractivity contribution is -0.140. The molecule has 0 spiro atoms. The van der Waals surface area contributed by atoms with Gasteiger partial charge in [0, 0.05) is 34.6 Å². The average Bonchev–Trinajstić information content (AvgIpc) is 3.35. The fraction of sp³-hybridized carbons (Fsp3) is 0.433. The molecule has 0 radical (unpaired) electrons. The quantitative estimate of drug-likeness (QED) is 0.188. The maximum absolute atomic E-state index is 15.1. The number of aromatic nitrogens is 2. The van der Waals surface area contributed by atoms with Gasteiger partial charge in [-0.25, -0.2) is 9.37 Å². The Labute approximate surface area is 240 Å². The van der Waals surface area contributed by atoms with Crippen molar-refractivity contribution < 1.29 is 28.6 Å². The molecule has 220 valence electrons. The third-order valence-electron chi connectivity index (χ3n) is 8.88. The van der Waals surface area contributed by atoms with Gasteiger partial charge in [0.15, 0.2) is 5.78 Å². The molecule has 0 unspecified atom stereocenters. The summed E-state index contributed by atoms with van der Waals surface area (Å²) in [7, 11) is 0. The first-order chi connectivity index (χ1) is 20.1. The maximum atomic E-state index is 15.1. The highest BCUT2D eigenvalue weighted by Crippen LogP contribution is 2.46. The van der Waals surface area contributed by atoms with Gasteiger partial charge in [0.25, 0.3) is 5.56 Å². The molecule has 3 aromatic rings. The number of aryl methyl sites for hydroxylation is 1. The van der Waals surface area contributed by atoms with Gasteiger partial charge in [-0.15, -0.1) is 0 Å². The van der Waals surface area contributed by atoms with E-state index >= 15 is 4.39 Å². The summed E-state index contributed by atoms with van der Waals surface area (Å²) in [5.41, 5.74) is 8.09. The normalized spacial score (nSPS) is 20.2. The zero-order valence-corrected chi connectivity index (χ0v) is 23.4. The first-order valence-corrected chi connectivity index (χ1v) is 14.1. The SMILES string of the molecule is CC[C@@]1(O)C(=O)CCc2c1cc1n(c2=O)Cc2c-1nc1cc(F)c(C)c3c1c2[C@@H](NC(=O)COCNC(=O)CN)CC3. The zero-order valence-electron chi connectivity index (χ0n) is 23.4. The second kappa shape index (κ2) is 10.4. The number of rotatable bonds is 7. The number of aliphatic hydroxyl groups is 1. The van der Waals surface area contributed by atoms with Gasteiger partial charge in [-0.1, -0.05) is 6.92 Å².